The van der Waals surface area contributed by atoms with Crippen LogP contribution in [0.3, 0.4) is 0 Å². The first-order chi connectivity index (χ1) is 12.0. The van der Waals surface area contributed by atoms with Gasteiger partial charge in [-0.15, -0.1) is 0 Å². The Morgan fingerprint density at radius 3 is 2.52 bits per heavy atom. The Kier molecular flexibility index (Phi) is 3.85. The van der Waals surface area contributed by atoms with Gasteiger partial charge in [0.25, 0.3) is 0 Å². The Labute approximate surface area is 147 Å². The van der Waals surface area contributed by atoms with Gasteiger partial charge in [-0.3, -0.25) is 0 Å². The number of fused-ring (bicyclic) bond motifs is 2. The highest BCUT2D eigenvalue weighted by atomic mass is 32.2. The lowest BCUT2D eigenvalue weighted by atomic mass is 10.0. The molecule has 6 nitrogen and oxygen atoms in total. The highest BCUT2D eigenvalue weighted by molar-refractivity contribution is 7.89. The fourth-order valence-corrected chi connectivity index (χ4v) is 4.91. The summed E-state index contributed by atoms with van der Waals surface area (Å²) in [5, 5.41) is 0. The van der Waals surface area contributed by atoms with Gasteiger partial charge in [0, 0.05) is 13.1 Å². The number of sulfonamides is 1. The first-order valence-corrected chi connectivity index (χ1v) is 9.49. The second kappa shape index (κ2) is 5.93. The molecule has 0 unspecified atom stereocenters. The normalized spacial score (nSPS) is 16.6. The van der Waals surface area contributed by atoms with E-state index in [0.29, 0.717) is 31.0 Å². The Morgan fingerprint density at radius 1 is 1.08 bits per heavy atom. The van der Waals surface area contributed by atoms with E-state index in [1.54, 1.807) is 12.1 Å². The molecule has 2 heterocycles. The van der Waals surface area contributed by atoms with Crippen molar-refractivity contribution < 1.29 is 22.6 Å². The van der Waals surface area contributed by atoms with E-state index in [0.717, 1.165) is 22.4 Å². The molecule has 2 aromatic rings. The number of nitrogens with zero attached hydrogens (tertiary/aromatic N) is 1. The minimum absolute atomic E-state index is 0.208. The molecule has 0 aliphatic carbocycles. The number of hydrogen-bond acceptors (Lipinski definition) is 5. The Hall–Kier alpha value is -2.25. The van der Waals surface area contributed by atoms with Crippen molar-refractivity contribution in [1.82, 2.24) is 4.31 Å². The lowest BCUT2D eigenvalue weighted by Gasteiger charge is -2.28. The number of rotatable bonds is 3. The van der Waals surface area contributed by atoms with E-state index in [-0.39, 0.29) is 11.7 Å². The number of hydrogen-bond donors (Lipinski definition) is 0. The topological polar surface area (TPSA) is 65.1 Å². The van der Waals surface area contributed by atoms with E-state index >= 15 is 0 Å². The summed E-state index contributed by atoms with van der Waals surface area (Å²) in [5.74, 6) is 1.77. The van der Waals surface area contributed by atoms with Crippen molar-refractivity contribution in [1.29, 1.82) is 0 Å². The van der Waals surface area contributed by atoms with Crippen LogP contribution in [-0.4, -0.2) is 33.2 Å². The van der Waals surface area contributed by atoms with Gasteiger partial charge in [-0.05, 0) is 54.3 Å². The van der Waals surface area contributed by atoms with Crippen LogP contribution >= 0.6 is 0 Å². The van der Waals surface area contributed by atoms with Crippen molar-refractivity contribution in [3.63, 3.8) is 0 Å². The highest BCUT2D eigenvalue weighted by Crippen LogP contribution is 2.38. The van der Waals surface area contributed by atoms with Gasteiger partial charge in [0.1, 0.15) is 10.6 Å². The third-order valence-corrected chi connectivity index (χ3v) is 6.48. The van der Waals surface area contributed by atoms with Crippen molar-refractivity contribution in [3.05, 3.63) is 47.0 Å². The number of methoxy groups -OCH3 is 1. The quantitative estimate of drug-likeness (QED) is 0.840. The smallest absolute Gasteiger partial charge is 0.247 e. The lowest BCUT2D eigenvalue weighted by Crippen LogP contribution is -2.36. The molecule has 0 radical (unpaired) electrons. The van der Waals surface area contributed by atoms with Gasteiger partial charge >= 0.3 is 0 Å². The molecule has 0 N–H and O–H groups in total. The molecule has 7 heteroatoms. The number of aryl methyl sites for hydroxylation is 1. The molecule has 0 atom stereocenters. The molecule has 0 saturated carbocycles. The third kappa shape index (κ3) is 2.73. The van der Waals surface area contributed by atoms with Gasteiger partial charge in [0.15, 0.2) is 11.5 Å². The minimum Gasteiger partial charge on any atom is -0.495 e. The predicted octanol–water partition coefficient (Wildman–Crippen LogP) is 2.48. The molecule has 4 rings (SSSR count). The fraction of sp³-hybridized carbons (Fsp3) is 0.333. The molecule has 2 aliphatic rings. The van der Waals surface area contributed by atoms with E-state index in [1.807, 2.05) is 25.1 Å². The van der Waals surface area contributed by atoms with Gasteiger partial charge in [0.2, 0.25) is 16.8 Å². The zero-order valence-corrected chi connectivity index (χ0v) is 14.9. The van der Waals surface area contributed by atoms with Crippen molar-refractivity contribution in [2.24, 2.45) is 0 Å². The van der Waals surface area contributed by atoms with E-state index < -0.39 is 10.0 Å². The first-order valence-electron chi connectivity index (χ1n) is 8.05. The molecule has 0 fully saturated rings. The van der Waals surface area contributed by atoms with Crippen LogP contribution < -0.4 is 14.2 Å². The maximum Gasteiger partial charge on any atom is 0.247 e. The summed E-state index contributed by atoms with van der Waals surface area (Å²) < 4.78 is 43.9. The average Bonchev–Trinajstić information content (AvgIpc) is 3.06. The Morgan fingerprint density at radius 2 is 1.80 bits per heavy atom. The summed E-state index contributed by atoms with van der Waals surface area (Å²) in [6, 6.07) is 9.02. The second-order valence-corrected chi connectivity index (χ2v) is 8.12. The molecule has 0 amide bonds. The van der Waals surface area contributed by atoms with E-state index in [2.05, 4.69) is 0 Å². The minimum atomic E-state index is -3.65. The Balaban J connectivity index is 1.70. The first kappa shape index (κ1) is 16.2. The molecule has 2 aromatic carbocycles. The number of ether oxygens (including phenoxy) is 3. The average molecular weight is 361 g/mol. The second-order valence-electron chi connectivity index (χ2n) is 6.22. The Bertz CT molecular complexity index is 939. The van der Waals surface area contributed by atoms with E-state index in [1.165, 1.54) is 11.4 Å². The van der Waals surface area contributed by atoms with Crippen LogP contribution in [0.15, 0.2) is 35.2 Å². The van der Waals surface area contributed by atoms with Gasteiger partial charge in [-0.1, -0.05) is 6.07 Å². The van der Waals surface area contributed by atoms with Gasteiger partial charge < -0.3 is 14.2 Å². The lowest BCUT2D eigenvalue weighted by molar-refractivity contribution is 0.174. The molecule has 0 spiro atoms. The maximum absolute atomic E-state index is 13.2. The molecular formula is C18H19NO5S. The standard InChI is InChI=1S/C18H19NO5S/c1-12-3-4-15(22-2)18(7-12)25(20,21)19-6-5-13-8-16-17(24-11-23-16)9-14(13)10-19/h3-4,7-9H,5-6,10-11H2,1-2H3. The van der Waals surface area contributed by atoms with Crippen LogP contribution in [0.1, 0.15) is 16.7 Å². The van der Waals surface area contributed by atoms with Crippen molar-refractivity contribution in [2.45, 2.75) is 24.8 Å². The summed E-state index contributed by atoms with van der Waals surface area (Å²) in [6.07, 6.45) is 0.638. The van der Waals surface area contributed by atoms with Crippen LogP contribution in [0.25, 0.3) is 0 Å². The fourth-order valence-electron chi connectivity index (χ4n) is 3.25. The predicted molar refractivity (Wildman–Crippen MR) is 91.6 cm³/mol. The summed E-state index contributed by atoms with van der Waals surface area (Å²) in [4.78, 5) is 0.208. The molecule has 0 saturated heterocycles. The van der Waals surface area contributed by atoms with E-state index in [9.17, 15) is 8.42 Å². The van der Waals surface area contributed by atoms with Gasteiger partial charge in [-0.2, -0.15) is 4.31 Å². The van der Waals surface area contributed by atoms with Crippen LogP contribution in [0.2, 0.25) is 0 Å². The summed E-state index contributed by atoms with van der Waals surface area (Å²) in [5.41, 5.74) is 2.93. The molecule has 0 bridgehead atoms. The van der Waals surface area contributed by atoms with Crippen LogP contribution in [0.4, 0.5) is 0 Å². The van der Waals surface area contributed by atoms with Crippen molar-refractivity contribution in [3.8, 4) is 17.2 Å². The van der Waals surface area contributed by atoms with E-state index in [4.69, 9.17) is 14.2 Å². The van der Waals surface area contributed by atoms with Crippen molar-refractivity contribution in [2.75, 3.05) is 20.4 Å². The maximum atomic E-state index is 13.2. The van der Waals surface area contributed by atoms with Crippen LogP contribution in [0.5, 0.6) is 17.2 Å². The third-order valence-electron chi connectivity index (χ3n) is 4.61. The molecule has 132 valence electrons. The SMILES string of the molecule is COc1ccc(C)cc1S(=O)(=O)N1CCc2cc3c(cc2C1)OCO3. The van der Waals surface area contributed by atoms with Crippen LogP contribution in [-0.2, 0) is 23.0 Å². The molecule has 2 aliphatic heterocycles. The van der Waals surface area contributed by atoms with Crippen LogP contribution in [0, 0.1) is 6.92 Å². The molecule has 0 aromatic heterocycles. The van der Waals surface area contributed by atoms with Gasteiger partial charge in [0.05, 0.1) is 7.11 Å². The highest BCUT2D eigenvalue weighted by Gasteiger charge is 2.32. The monoisotopic (exact) mass is 361 g/mol. The molecule has 25 heavy (non-hydrogen) atoms. The zero-order chi connectivity index (χ0) is 17.6. The largest absolute Gasteiger partial charge is 0.495 e. The number of benzene rings is 2. The summed E-state index contributed by atoms with van der Waals surface area (Å²) >= 11 is 0. The molecular weight excluding hydrogens is 342 g/mol. The summed E-state index contributed by atoms with van der Waals surface area (Å²) in [6.45, 7) is 2.81. The van der Waals surface area contributed by atoms with Gasteiger partial charge in [-0.25, -0.2) is 8.42 Å². The summed E-state index contributed by atoms with van der Waals surface area (Å²) in [7, 11) is -2.17. The van der Waals surface area contributed by atoms with Crippen molar-refractivity contribution >= 4 is 10.0 Å². The zero-order valence-electron chi connectivity index (χ0n) is 14.1.